The van der Waals surface area contributed by atoms with Gasteiger partial charge in [-0.15, -0.1) is 0 Å². The van der Waals surface area contributed by atoms with E-state index in [0.717, 1.165) is 5.70 Å². The molecule has 4 nitrogen and oxygen atoms in total. The number of rotatable bonds is 3. The van der Waals surface area contributed by atoms with E-state index in [2.05, 4.69) is 150 Å². The Bertz CT molecular complexity index is 1520. The van der Waals surface area contributed by atoms with Crippen LogP contribution in [0.4, 0.5) is 11.4 Å². The van der Waals surface area contributed by atoms with Gasteiger partial charge < -0.3 is 20.4 Å². The molecule has 0 saturated carbocycles. The van der Waals surface area contributed by atoms with Crippen molar-refractivity contribution in [1.29, 1.82) is 0 Å². The van der Waals surface area contributed by atoms with E-state index < -0.39 is 0 Å². The number of nitrogens with zero attached hydrogens (tertiary/aromatic N) is 2. The summed E-state index contributed by atoms with van der Waals surface area (Å²) in [5.41, 5.74) is 11.0. The number of dihydropyridines is 2. The van der Waals surface area contributed by atoms with E-state index >= 15 is 0 Å². The standard InChI is InChI=1S/C33H30N4/c1-22(2)23-16-18-34-32(20-23)37-29-15-9-8-13-26(29)25-12-6-7-14-27(25)33-31(37)21-30-28(35-33)17-19-36(30)24-10-4-3-5-11-24/h3-22,28,32,34-35H,1-2H3. The Labute approximate surface area is 218 Å². The van der Waals surface area contributed by atoms with Gasteiger partial charge in [0, 0.05) is 23.0 Å². The summed E-state index contributed by atoms with van der Waals surface area (Å²) in [6.07, 6.45) is 13.5. The van der Waals surface area contributed by atoms with E-state index in [-0.39, 0.29) is 12.2 Å². The van der Waals surface area contributed by atoms with Crippen LogP contribution in [-0.4, -0.2) is 12.2 Å². The topological polar surface area (TPSA) is 30.5 Å². The van der Waals surface area contributed by atoms with Crippen molar-refractivity contribution in [3.8, 4) is 11.1 Å². The average molecular weight is 483 g/mol. The van der Waals surface area contributed by atoms with Crippen LogP contribution in [0.25, 0.3) is 16.8 Å². The van der Waals surface area contributed by atoms with E-state index in [1.165, 1.54) is 45.0 Å². The zero-order valence-corrected chi connectivity index (χ0v) is 21.1. The van der Waals surface area contributed by atoms with Gasteiger partial charge in [0.1, 0.15) is 6.17 Å². The molecule has 4 heteroatoms. The molecule has 0 fully saturated rings. The van der Waals surface area contributed by atoms with Gasteiger partial charge in [-0.2, -0.15) is 0 Å². The molecule has 37 heavy (non-hydrogen) atoms. The number of anilines is 2. The summed E-state index contributed by atoms with van der Waals surface area (Å²) in [4.78, 5) is 4.76. The van der Waals surface area contributed by atoms with Crippen molar-refractivity contribution < 1.29 is 0 Å². The summed E-state index contributed by atoms with van der Waals surface area (Å²) < 4.78 is 0. The maximum Gasteiger partial charge on any atom is 0.123 e. The van der Waals surface area contributed by atoms with Crippen LogP contribution in [0, 0.1) is 5.92 Å². The first-order valence-corrected chi connectivity index (χ1v) is 13.1. The lowest BCUT2D eigenvalue weighted by Gasteiger charge is -2.39. The molecular weight excluding hydrogens is 452 g/mol. The number of hydrogen-bond acceptors (Lipinski definition) is 4. The zero-order chi connectivity index (χ0) is 24.9. The molecule has 4 aliphatic rings. The summed E-state index contributed by atoms with van der Waals surface area (Å²) in [6.45, 7) is 4.51. The highest BCUT2D eigenvalue weighted by molar-refractivity contribution is 5.95. The minimum absolute atomic E-state index is 0.0161. The van der Waals surface area contributed by atoms with Crippen LogP contribution in [0.5, 0.6) is 0 Å². The summed E-state index contributed by atoms with van der Waals surface area (Å²) in [6, 6.07) is 28.2. The molecule has 0 radical (unpaired) electrons. The lowest BCUT2D eigenvalue weighted by molar-refractivity contribution is 0.651. The maximum absolute atomic E-state index is 3.93. The molecule has 0 aliphatic carbocycles. The van der Waals surface area contributed by atoms with Crippen LogP contribution >= 0.6 is 0 Å². The van der Waals surface area contributed by atoms with Gasteiger partial charge in [0.2, 0.25) is 0 Å². The van der Waals surface area contributed by atoms with Gasteiger partial charge in [-0.25, -0.2) is 0 Å². The molecular formula is C33H30N4. The summed E-state index contributed by atoms with van der Waals surface area (Å²) in [7, 11) is 0. The van der Waals surface area contributed by atoms with Gasteiger partial charge >= 0.3 is 0 Å². The Balaban J connectivity index is 1.46. The van der Waals surface area contributed by atoms with E-state index in [9.17, 15) is 0 Å². The van der Waals surface area contributed by atoms with E-state index in [1.54, 1.807) is 0 Å². The molecule has 0 aromatic heterocycles. The van der Waals surface area contributed by atoms with Crippen LogP contribution in [0.2, 0.25) is 0 Å². The van der Waals surface area contributed by atoms with Crippen LogP contribution < -0.4 is 20.4 Å². The first kappa shape index (κ1) is 21.8. The number of benzene rings is 3. The van der Waals surface area contributed by atoms with Gasteiger partial charge in [0.05, 0.1) is 28.8 Å². The third-order valence-corrected chi connectivity index (χ3v) is 7.65. The monoisotopic (exact) mass is 482 g/mol. The SMILES string of the molecule is CC(C)C1=CC(N2C3=C(NC4C=CN(c5ccccc5)C4=C3)c3ccccc3-c3ccccc32)NC=C1. The minimum atomic E-state index is -0.0161. The third-order valence-electron chi connectivity index (χ3n) is 7.65. The lowest BCUT2D eigenvalue weighted by Crippen LogP contribution is -2.46. The van der Waals surface area contributed by atoms with Crippen molar-refractivity contribution in [1.82, 2.24) is 10.6 Å². The second-order valence-electron chi connectivity index (χ2n) is 10.2. The molecule has 2 unspecified atom stereocenters. The largest absolute Gasteiger partial charge is 0.371 e. The number of para-hydroxylation sites is 2. The van der Waals surface area contributed by atoms with Gasteiger partial charge in [-0.3, -0.25) is 0 Å². The van der Waals surface area contributed by atoms with Crippen molar-refractivity contribution >= 4 is 17.1 Å². The molecule has 3 aromatic carbocycles. The molecule has 4 heterocycles. The number of nitrogens with one attached hydrogen (secondary N) is 2. The number of allylic oxidation sites excluding steroid dienone is 3. The fourth-order valence-electron chi connectivity index (χ4n) is 5.80. The smallest absolute Gasteiger partial charge is 0.123 e. The Morgan fingerprint density at radius 2 is 1.54 bits per heavy atom. The second-order valence-corrected chi connectivity index (χ2v) is 10.2. The third kappa shape index (κ3) is 3.52. The van der Waals surface area contributed by atoms with Crippen LogP contribution in [0.1, 0.15) is 19.4 Å². The highest BCUT2D eigenvalue weighted by atomic mass is 15.3. The average Bonchev–Trinajstić information content (AvgIpc) is 3.32. The van der Waals surface area contributed by atoms with Crippen LogP contribution in [0.15, 0.2) is 133 Å². The second kappa shape index (κ2) is 8.59. The first-order chi connectivity index (χ1) is 18.2. The first-order valence-electron chi connectivity index (χ1n) is 13.1. The van der Waals surface area contributed by atoms with E-state index in [4.69, 9.17) is 0 Å². The fraction of sp³-hybridized carbons (Fsp3) is 0.152. The molecule has 0 amide bonds. The Morgan fingerprint density at radius 1 is 0.811 bits per heavy atom. The fourth-order valence-corrected chi connectivity index (χ4v) is 5.80. The van der Waals surface area contributed by atoms with Crippen molar-refractivity contribution in [3.63, 3.8) is 0 Å². The summed E-state index contributed by atoms with van der Waals surface area (Å²) >= 11 is 0. The minimum Gasteiger partial charge on any atom is -0.371 e. The normalized spacial score (nSPS) is 21.3. The molecule has 2 atom stereocenters. The molecule has 0 saturated heterocycles. The van der Waals surface area contributed by atoms with Gasteiger partial charge in [-0.1, -0.05) is 74.5 Å². The number of hydrogen-bond donors (Lipinski definition) is 2. The predicted molar refractivity (Wildman–Crippen MR) is 153 cm³/mol. The quantitative estimate of drug-likeness (QED) is 0.432. The van der Waals surface area contributed by atoms with Crippen molar-refractivity contribution in [2.45, 2.75) is 26.1 Å². The maximum atomic E-state index is 3.93. The van der Waals surface area contributed by atoms with Crippen molar-refractivity contribution in [3.05, 3.63) is 138 Å². The molecule has 0 spiro atoms. The van der Waals surface area contributed by atoms with Crippen LogP contribution in [-0.2, 0) is 0 Å². The van der Waals surface area contributed by atoms with Gasteiger partial charge in [0.25, 0.3) is 0 Å². The van der Waals surface area contributed by atoms with Crippen LogP contribution in [0.3, 0.4) is 0 Å². The van der Waals surface area contributed by atoms with Gasteiger partial charge in [0.15, 0.2) is 0 Å². The highest BCUT2D eigenvalue weighted by Crippen LogP contribution is 2.46. The molecule has 0 bridgehead atoms. The van der Waals surface area contributed by atoms with E-state index in [0.29, 0.717) is 5.92 Å². The molecule has 7 rings (SSSR count). The molecule has 182 valence electrons. The zero-order valence-electron chi connectivity index (χ0n) is 21.1. The summed E-state index contributed by atoms with van der Waals surface area (Å²) in [5, 5.41) is 7.58. The highest BCUT2D eigenvalue weighted by Gasteiger charge is 2.36. The Kier molecular flexibility index (Phi) is 5.07. The van der Waals surface area contributed by atoms with Crippen molar-refractivity contribution in [2.24, 2.45) is 5.92 Å². The molecule has 4 aliphatic heterocycles. The van der Waals surface area contributed by atoms with Gasteiger partial charge in [-0.05, 0) is 65.8 Å². The molecule has 2 N–H and O–H groups in total. The Hall–Kier alpha value is -4.44. The number of fused-ring (bicyclic) bond motifs is 5. The predicted octanol–water partition coefficient (Wildman–Crippen LogP) is 6.76. The van der Waals surface area contributed by atoms with E-state index in [1.807, 2.05) is 0 Å². The van der Waals surface area contributed by atoms with Crippen molar-refractivity contribution in [2.75, 3.05) is 9.80 Å². The molecule has 3 aromatic rings. The Morgan fingerprint density at radius 3 is 2.35 bits per heavy atom. The summed E-state index contributed by atoms with van der Waals surface area (Å²) in [5.74, 6) is 0.452. The lowest BCUT2D eigenvalue weighted by atomic mass is 9.95.